The summed E-state index contributed by atoms with van der Waals surface area (Å²) in [6, 6.07) is 0. The van der Waals surface area contributed by atoms with Gasteiger partial charge in [0.1, 0.15) is 0 Å². The molecule has 0 fully saturated rings. The summed E-state index contributed by atoms with van der Waals surface area (Å²) < 4.78 is 0. The number of hydrogen-bond acceptors (Lipinski definition) is 4. The molecule has 1 atom stereocenters. The molecular weight excluding hydrogens is 176 g/mol. The number of aliphatic hydroxyl groups is 1. The number of rotatable bonds is 4. The lowest BCUT2D eigenvalue weighted by molar-refractivity contribution is -0.148. The molecule has 0 aromatic rings. The quantitative estimate of drug-likeness (QED) is 0.374. The van der Waals surface area contributed by atoms with Crippen LogP contribution in [0.1, 0.15) is 13.8 Å². The molecule has 0 heterocycles. The number of carbonyl (C=O) groups excluding carboxylic acids is 2. The summed E-state index contributed by atoms with van der Waals surface area (Å²) in [6.45, 7) is 2.23. The Hall–Kier alpha value is -1.65. The number of aliphatic hydroxyl groups excluding tert-OH is 1. The molecule has 0 aromatic heterocycles. The summed E-state index contributed by atoms with van der Waals surface area (Å²) in [6.07, 6.45) is 0.722. The van der Waals surface area contributed by atoms with Crippen LogP contribution in [0, 0.1) is 5.92 Å². The highest BCUT2D eigenvalue weighted by Crippen LogP contribution is 2.03. The molecule has 0 amide bonds. The molecule has 13 heavy (non-hydrogen) atoms. The smallest absolute Gasteiger partial charge is 0.322 e. The Morgan fingerprint density at radius 1 is 1.15 bits per heavy atom. The van der Waals surface area contributed by atoms with E-state index in [4.69, 9.17) is 10.2 Å². The maximum absolute atomic E-state index is 11.0. The zero-order chi connectivity index (χ0) is 10.6. The Balaban J connectivity index is 4.78. The molecule has 2 N–H and O–H groups in total. The Morgan fingerprint density at radius 3 is 1.85 bits per heavy atom. The van der Waals surface area contributed by atoms with E-state index in [1.165, 1.54) is 6.92 Å². The standard InChI is InChI=1S/C8H10O5/c1-4(9)3-6(11)7(5(2)10)8(12)13/h3,7,9H,1-2H3,(H,12,13). The van der Waals surface area contributed by atoms with Gasteiger partial charge in [0.2, 0.25) is 0 Å². The molecule has 0 bridgehead atoms. The minimum atomic E-state index is -1.71. The predicted octanol–water partition coefficient (Wildman–Crippen LogP) is 0.307. The average molecular weight is 186 g/mol. The van der Waals surface area contributed by atoms with Crippen LogP contribution in [0.3, 0.4) is 0 Å². The second kappa shape index (κ2) is 4.39. The van der Waals surface area contributed by atoms with Crippen molar-refractivity contribution >= 4 is 17.5 Å². The molecule has 1 unspecified atom stereocenters. The minimum Gasteiger partial charge on any atom is -0.512 e. The molecule has 72 valence electrons. The van der Waals surface area contributed by atoms with Crippen LogP contribution in [-0.4, -0.2) is 27.7 Å². The molecule has 0 rings (SSSR count). The Kier molecular flexibility index (Phi) is 3.84. The van der Waals surface area contributed by atoms with E-state index < -0.39 is 23.5 Å². The van der Waals surface area contributed by atoms with E-state index in [1.807, 2.05) is 0 Å². The maximum atomic E-state index is 11.0. The number of Topliss-reactive ketones (excluding diaryl/α,β-unsaturated/α-hetero) is 1. The maximum Gasteiger partial charge on any atom is 0.322 e. The molecule has 0 saturated heterocycles. The zero-order valence-electron chi connectivity index (χ0n) is 7.27. The van der Waals surface area contributed by atoms with Crippen LogP contribution in [0.5, 0.6) is 0 Å². The third-order valence-electron chi connectivity index (χ3n) is 1.29. The van der Waals surface area contributed by atoms with Gasteiger partial charge in [-0.05, 0) is 13.8 Å². The number of hydrogen-bond donors (Lipinski definition) is 2. The van der Waals surface area contributed by atoms with Gasteiger partial charge in [-0.15, -0.1) is 0 Å². The summed E-state index contributed by atoms with van der Waals surface area (Å²) in [5, 5.41) is 17.1. The van der Waals surface area contributed by atoms with Crippen molar-refractivity contribution in [3.05, 3.63) is 11.8 Å². The van der Waals surface area contributed by atoms with E-state index in [2.05, 4.69) is 0 Å². The van der Waals surface area contributed by atoms with Crippen molar-refractivity contribution in [2.45, 2.75) is 13.8 Å². The highest BCUT2D eigenvalue weighted by molar-refractivity contribution is 6.19. The molecule has 0 aliphatic heterocycles. The van der Waals surface area contributed by atoms with Gasteiger partial charge in [-0.1, -0.05) is 0 Å². The van der Waals surface area contributed by atoms with Gasteiger partial charge in [0.05, 0.1) is 5.76 Å². The van der Waals surface area contributed by atoms with Gasteiger partial charge >= 0.3 is 5.97 Å². The molecule has 0 spiro atoms. The number of carbonyl (C=O) groups is 3. The first kappa shape index (κ1) is 11.4. The molecule has 5 nitrogen and oxygen atoms in total. The third kappa shape index (κ3) is 3.50. The zero-order valence-corrected chi connectivity index (χ0v) is 7.27. The van der Waals surface area contributed by atoms with Crippen LogP contribution in [0.4, 0.5) is 0 Å². The fourth-order valence-electron chi connectivity index (χ4n) is 0.785. The first-order valence-corrected chi connectivity index (χ1v) is 3.50. The van der Waals surface area contributed by atoms with Gasteiger partial charge in [-0.25, -0.2) is 0 Å². The molecule has 0 aromatic carbocycles. The fraction of sp³-hybridized carbons (Fsp3) is 0.375. The Bertz CT molecular complexity index is 258. The van der Waals surface area contributed by atoms with Crippen LogP contribution in [0.15, 0.2) is 11.8 Å². The van der Waals surface area contributed by atoms with Crippen molar-refractivity contribution in [2.75, 3.05) is 0 Å². The summed E-state index contributed by atoms with van der Waals surface area (Å²) >= 11 is 0. The van der Waals surface area contributed by atoms with Crippen molar-refractivity contribution in [2.24, 2.45) is 5.92 Å². The van der Waals surface area contributed by atoms with E-state index in [-0.39, 0.29) is 5.76 Å². The lowest BCUT2D eigenvalue weighted by Crippen LogP contribution is -2.29. The van der Waals surface area contributed by atoms with Crippen LogP contribution in [0.2, 0.25) is 0 Å². The highest BCUT2D eigenvalue weighted by atomic mass is 16.4. The van der Waals surface area contributed by atoms with E-state index >= 15 is 0 Å². The summed E-state index contributed by atoms with van der Waals surface area (Å²) in [4.78, 5) is 32.1. The lowest BCUT2D eigenvalue weighted by atomic mass is 10.00. The molecule has 5 heteroatoms. The highest BCUT2D eigenvalue weighted by Gasteiger charge is 2.29. The number of ketones is 2. The van der Waals surface area contributed by atoms with E-state index in [0.717, 1.165) is 13.0 Å². The largest absolute Gasteiger partial charge is 0.512 e. The monoisotopic (exact) mass is 186 g/mol. The topological polar surface area (TPSA) is 91.7 Å². The number of carboxylic acid groups (broad SMARTS) is 1. The third-order valence-corrected chi connectivity index (χ3v) is 1.29. The van der Waals surface area contributed by atoms with Crippen molar-refractivity contribution in [3.63, 3.8) is 0 Å². The minimum absolute atomic E-state index is 0.322. The van der Waals surface area contributed by atoms with Gasteiger partial charge in [0, 0.05) is 6.08 Å². The van der Waals surface area contributed by atoms with Gasteiger partial charge in [0.15, 0.2) is 17.5 Å². The van der Waals surface area contributed by atoms with Crippen LogP contribution in [0.25, 0.3) is 0 Å². The van der Waals surface area contributed by atoms with Gasteiger partial charge in [0.25, 0.3) is 0 Å². The van der Waals surface area contributed by atoms with E-state index in [9.17, 15) is 14.4 Å². The van der Waals surface area contributed by atoms with Gasteiger partial charge < -0.3 is 10.2 Å². The first-order chi connectivity index (χ1) is 5.86. The van der Waals surface area contributed by atoms with Gasteiger partial charge in [-0.2, -0.15) is 0 Å². The van der Waals surface area contributed by atoms with Crippen molar-refractivity contribution in [1.82, 2.24) is 0 Å². The second-order valence-electron chi connectivity index (χ2n) is 2.57. The molecule has 0 radical (unpaired) electrons. The summed E-state index contributed by atoms with van der Waals surface area (Å²) in [7, 11) is 0. The van der Waals surface area contributed by atoms with Crippen LogP contribution >= 0.6 is 0 Å². The summed E-state index contributed by atoms with van der Waals surface area (Å²) in [5.74, 6) is -5.20. The second-order valence-corrected chi connectivity index (χ2v) is 2.57. The SMILES string of the molecule is CC(=O)C(C(=O)O)C(=O)C=C(C)O. The first-order valence-electron chi connectivity index (χ1n) is 3.50. The normalized spacial score (nSPS) is 13.5. The predicted molar refractivity (Wildman–Crippen MR) is 43.2 cm³/mol. The number of aliphatic carboxylic acids is 1. The number of carboxylic acids is 1. The lowest BCUT2D eigenvalue weighted by Gasteiger charge is -2.03. The fourth-order valence-corrected chi connectivity index (χ4v) is 0.785. The van der Waals surface area contributed by atoms with Crippen molar-refractivity contribution in [1.29, 1.82) is 0 Å². The number of allylic oxidation sites excluding steroid dienone is 2. The molecule has 0 aliphatic carbocycles. The van der Waals surface area contributed by atoms with Crippen molar-refractivity contribution in [3.8, 4) is 0 Å². The van der Waals surface area contributed by atoms with Crippen LogP contribution < -0.4 is 0 Å². The molecule has 0 aliphatic rings. The Morgan fingerprint density at radius 2 is 1.62 bits per heavy atom. The Labute approximate surface area is 74.7 Å². The van der Waals surface area contributed by atoms with Gasteiger partial charge in [-0.3, -0.25) is 14.4 Å². The average Bonchev–Trinajstić information content (AvgIpc) is 1.81. The van der Waals surface area contributed by atoms with Crippen molar-refractivity contribution < 1.29 is 24.6 Å². The summed E-state index contributed by atoms with van der Waals surface area (Å²) in [5.41, 5.74) is 0. The van der Waals surface area contributed by atoms with Crippen LogP contribution in [-0.2, 0) is 14.4 Å². The van der Waals surface area contributed by atoms with E-state index in [0.29, 0.717) is 0 Å². The molecular formula is C8H10O5. The van der Waals surface area contributed by atoms with E-state index in [1.54, 1.807) is 0 Å². The molecule has 0 saturated carbocycles.